The molecule has 148 valence electrons. The van der Waals surface area contributed by atoms with Crippen LogP contribution in [0.3, 0.4) is 0 Å². The molecule has 2 aromatic carbocycles. The fourth-order valence-electron chi connectivity index (χ4n) is 4.44. The van der Waals surface area contributed by atoms with Crippen molar-refractivity contribution in [3.05, 3.63) is 77.7 Å². The van der Waals surface area contributed by atoms with E-state index < -0.39 is 0 Å². The standard InChI is InChI=1S/C24H24FN3O/c25-20-8-6-17(7-9-20)21-15-22(21)24(29)28-13-11-27(12-14-28)16-19-4-1-3-18-5-2-10-26-23(18)19/h1-10,21-22H,11-16H2. The highest BCUT2D eigenvalue weighted by Crippen LogP contribution is 2.48. The van der Waals surface area contributed by atoms with Crippen LogP contribution in [-0.4, -0.2) is 46.9 Å². The van der Waals surface area contributed by atoms with E-state index in [1.807, 2.05) is 29.3 Å². The number of hydrogen-bond donors (Lipinski definition) is 0. The fourth-order valence-corrected chi connectivity index (χ4v) is 4.44. The largest absolute Gasteiger partial charge is 0.340 e. The van der Waals surface area contributed by atoms with Crippen molar-refractivity contribution in [3.63, 3.8) is 0 Å². The Morgan fingerprint density at radius 2 is 1.76 bits per heavy atom. The topological polar surface area (TPSA) is 36.4 Å². The van der Waals surface area contributed by atoms with Crippen LogP contribution < -0.4 is 0 Å². The molecule has 0 N–H and O–H groups in total. The zero-order valence-electron chi connectivity index (χ0n) is 16.3. The average molecular weight is 389 g/mol. The number of pyridine rings is 1. The maximum atomic E-state index is 13.1. The van der Waals surface area contributed by atoms with Gasteiger partial charge in [-0.2, -0.15) is 0 Å². The van der Waals surface area contributed by atoms with Crippen LogP contribution in [0.25, 0.3) is 10.9 Å². The van der Waals surface area contributed by atoms with E-state index in [9.17, 15) is 9.18 Å². The number of benzene rings is 2. The van der Waals surface area contributed by atoms with Crippen LogP contribution in [0.1, 0.15) is 23.5 Å². The lowest BCUT2D eigenvalue weighted by Gasteiger charge is -2.35. The van der Waals surface area contributed by atoms with Gasteiger partial charge in [-0.25, -0.2) is 4.39 Å². The second-order valence-electron chi connectivity index (χ2n) is 8.09. The van der Waals surface area contributed by atoms with Crippen molar-refractivity contribution >= 4 is 16.8 Å². The SMILES string of the molecule is O=C(C1CC1c1ccc(F)cc1)N1CCN(Cc2cccc3cccnc23)CC1. The van der Waals surface area contributed by atoms with Gasteiger partial charge >= 0.3 is 0 Å². The zero-order chi connectivity index (χ0) is 19.8. The van der Waals surface area contributed by atoms with E-state index in [1.54, 1.807) is 0 Å². The molecule has 5 heteroatoms. The van der Waals surface area contributed by atoms with Gasteiger partial charge in [0.15, 0.2) is 0 Å². The molecule has 1 amide bonds. The van der Waals surface area contributed by atoms with Gasteiger partial charge in [0.1, 0.15) is 5.82 Å². The van der Waals surface area contributed by atoms with Crippen LogP contribution in [0.15, 0.2) is 60.8 Å². The summed E-state index contributed by atoms with van der Waals surface area (Å²) in [5, 5.41) is 1.17. The summed E-state index contributed by atoms with van der Waals surface area (Å²) in [7, 11) is 0. The number of aromatic nitrogens is 1. The maximum Gasteiger partial charge on any atom is 0.226 e. The summed E-state index contributed by atoms with van der Waals surface area (Å²) in [5.74, 6) is 0.345. The first-order valence-corrected chi connectivity index (χ1v) is 10.3. The number of nitrogens with zero attached hydrogens (tertiary/aromatic N) is 3. The highest BCUT2D eigenvalue weighted by Gasteiger charge is 2.46. The molecule has 29 heavy (non-hydrogen) atoms. The molecule has 1 aliphatic heterocycles. The lowest BCUT2D eigenvalue weighted by Crippen LogP contribution is -2.48. The van der Waals surface area contributed by atoms with Gasteiger partial charge in [-0.1, -0.05) is 36.4 Å². The van der Waals surface area contributed by atoms with E-state index in [2.05, 4.69) is 34.1 Å². The van der Waals surface area contributed by atoms with E-state index in [1.165, 1.54) is 23.1 Å². The number of para-hydroxylation sites is 1. The number of rotatable bonds is 4. The highest BCUT2D eigenvalue weighted by molar-refractivity contribution is 5.83. The van der Waals surface area contributed by atoms with Crippen molar-refractivity contribution in [1.29, 1.82) is 0 Å². The lowest BCUT2D eigenvalue weighted by atomic mass is 10.1. The summed E-state index contributed by atoms with van der Waals surface area (Å²) in [6.07, 6.45) is 2.72. The van der Waals surface area contributed by atoms with Crippen molar-refractivity contribution in [2.45, 2.75) is 18.9 Å². The molecule has 0 spiro atoms. The molecule has 5 rings (SSSR count). The van der Waals surface area contributed by atoms with Gasteiger partial charge in [0.05, 0.1) is 5.52 Å². The molecular formula is C24H24FN3O. The van der Waals surface area contributed by atoms with Gasteiger partial charge in [-0.05, 0) is 41.7 Å². The first kappa shape index (κ1) is 18.3. The molecule has 2 heterocycles. The Morgan fingerprint density at radius 3 is 2.55 bits per heavy atom. The summed E-state index contributed by atoms with van der Waals surface area (Å²) in [6, 6.07) is 17.0. The number of piperazine rings is 1. The van der Waals surface area contributed by atoms with Crippen LogP contribution in [0.5, 0.6) is 0 Å². The second-order valence-corrected chi connectivity index (χ2v) is 8.09. The Hall–Kier alpha value is -2.79. The van der Waals surface area contributed by atoms with Crippen molar-refractivity contribution in [2.24, 2.45) is 5.92 Å². The van der Waals surface area contributed by atoms with Crippen molar-refractivity contribution in [2.75, 3.05) is 26.2 Å². The van der Waals surface area contributed by atoms with Gasteiger partial charge in [0.2, 0.25) is 5.91 Å². The molecule has 0 radical (unpaired) electrons. The number of amides is 1. The Kier molecular flexibility index (Phi) is 4.76. The second kappa shape index (κ2) is 7.56. The summed E-state index contributed by atoms with van der Waals surface area (Å²) in [5.41, 5.74) is 3.38. The van der Waals surface area contributed by atoms with E-state index in [-0.39, 0.29) is 23.6 Å². The van der Waals surface area contributed by atoms with Gasteiger partial charge in [-0.3, -0.25) is 14.7 Å². The van der Waals surface area contributed by atoms with Crippen molar-refractivity contribution < 1.29 is 9.18 Å². The lowest BCUT2D eigenvalue weighted by molar-refractivity contribution is -0.134. The van der Waals surface area contributed by atoms with Crippen LogP contribution >= 0.6 is 0 Å². The Balaban J connectivity index is 1.18. The minimum atomic E-state index is -0.227. The molecule has 4 nitrogen and oxygen atoms in total. The molecule has 1 aromatic heterocycles. The van der Waals surface area contributed by atoms with Gasteiger partial charge in [0, 0.05) is 50.2 Å². The third kappa shape index (κ3) is 3.75. The van der Waals surface area contributed by atoms with Gasteiger partial charge in [0.25, 0.3) is 0 Å². The van der Waals surface area contributed by atoms with Crippen LogP contribution in [0.4, 0.5) is 4.39 Å². The van der Waals surface area contributed by atoms with Crippen molar-refractivity contribution in [1.82, 2.24) is 14.8 Å². The van der Waals surface area contributed by atoms with E-state index in [0.29, 0.717) is 0 Å². The Bertz CT molecular complexity index is 1020. The van der Waals surface area contributed by atoms with E-state index in [0.717, 1.165) is 50.2 Å². The molecular weight excluding hydrogens is 365 g/mol. The molecule has 1 aliphatic carbocycles. The molecule has 2 atom stereocenters. The molecule has 2 aliphatic rings. The minimum Gasteiger partial charge on any atom is -0.340 e. The molecule has 1 saturated carbocycles. The number of halogens is 1. The molecule has 3 aromatic rings. The average Bonchev–Trinajstić information content (AvgIpc) is 3.55. The predicted molar refractivity (Wildman–Crippen MR) is 111 cm³/mol. The number of carbonyl (C=O) groups excluding carboxylic acids is 1. The third-order valence-electron chi connectivity index (χ3n) is 6.20. The maximum absolute atomic E-state index is 13.1. The summed E-state index contributed by atoms with van der Waals surface area (Å²) < 4.78 is 13.1. The Labute approximate surface area is 170 Å². The van der Waals surface area contributed by atoms with Gasteiger partial charge < -0.3 is 4.90 Å². The van der Waals surface area contributed by atoms with Crippen LogP contribution in [-0.2, 0) is 11.3 Å². The summed E-state index contributed by atoms with van der Waals surface area (Å²) >= 11 is 0. The third-order valence-corrected chi connectivity index (χ3v) is 6.20. The molecule has 0 bridgehead atoms. The summed E-state index contributed by atoms with van der Waals surface area (Å²) in [6.45, 7) is 4.15. The number of hydrogen-bond acceptors (Lipinski definition) is 3. The predicted octanol–water partition coefficient (Wildman–Crippen LogP) is 3.82. The van der Waals surface area contributed by atoms with Crippen molar-refractivity contribution in [3.8, 4) is 0 Å². The van der Waals surface area contributed by atoms with Crippen LogP contribution in [0.2, 0.25) is 0 Å². The first-order valence-electron chi connectivity index (χ1n) is 10.3. The molecule has 2 unspecified atom stereocenters. The summed E-state index contributed by atoms with van der Waals surface area (Å²) in [4.78, 5) is 21.8. The Morgan fingerprint density at radius 1 is 1.00 bits per heavy atom. The fraction of sp³-hybridized carbons (Fsp3) is 0.333. The minimum absolute atomic E-state index is 0.0641. The monoisotopic (exact) mass is 389 g/mol. The highest BCUT2D eigenvalue weighted by atomic mass is 19.1. The van der Waals surface area contributed by atoms with E-state index >= 15 is 0 Å². The van der Waals surface area contributed by atoms with Gasteiger partial charge in [-0.15, -0.1) is 0 Å². The number of fused-ring (bicyclic) bond motifs is 1. The molecule has 1 saturated heterocycles. The normalized spacial score (nSPS) is 22.0. The first-order chi connectivity index (χ1) is 14.2. The van der Waals surface area contributed by atoms with Crippen LogP contribution in [0, 0.1) is 11.7 Å². The molecule has 2 fully saturated rings. The van der Waals surface area contributed by atoms with E-state index in [4.69, 9.17) is 0 Å². The quantitative estimate of drug-likeness (QED) is 0.681. The number of carbonyl (C=O) groups is 1. The smallest absolute Gasteiger partial charge is 0.226 e. The zero-order valence-corrected chi connectivity index (χ0v) is 16.3.